The summed E-state index contributed by atoms with van der Waals surface area (Å²) in [5.41, 5.74) is -0.0544. The highest BCUT2D eigenvalue weighted by atomic mass is 19.1. The Morgan fingerprint density at radius 2 is 2.11 bits per heavy atom. The topological polar surface area (TPSA) is 46.4 Å². The van der Waals surface area contributed by atoms with Crippen molar-refractivity contribution in [2.24, 2.45) is 0 Å². The number of nitrogens with zero attached hydrogens (tertiary/aromatic N) is 2. The van der Waals surface area contributed by atoms with Gasteiger partial charge >= 0.3 is 5.69 Å². The molecule has 4 nitrogen and oxygen atoms in total. The summed E-state index contributed by atoms with van der Waals surface area (Å²) >= 11 is 0. The highest BCUT2D eigenvalue weighted by Crippen LogP contribution is 2.21. The Kier molecular flexibility index (Phi) is 5.71. The molecule has 0 radical (unpaired) electrons. The molecule has 0 unspecified atom stereocenters. The first kappa shape index (κ1) is 14.6. The van der Waals surface area contributed by atoms with Gasteiger partial charge in [-0.1, -0.05) is 32.4 Å². The van der Waals surface area contributed by atoms with E-state index in [2.05, 4.69) is 11.8 Å². The van der Waals surface area contributed by atoms with Crippen LogP contribution in [-0.2, 0) is 6.54 Å². The lowest BCUT2D eigenvalue weighted by Crippen LogP contribution is -2.24. The molecule has 0 aliphatic heterocycles. The van der Waals surface area contributed by atoms with Gasteiger partial charge in [-0.25, -0.2) is 0 Å². The van der Waals surface area contributed by atoms with Crippen LogP contribution in [0.1, 0.15) is 32.3 Å². The Hall–Kier alpha value is -1.49. The number of rotatable bonds is 7. The predicted octanol–water partition coefficient (Wildman–Crippen LogP) is 3.36. The third-order valence-corrected chi connectivity index (χ3v) is 2.92. The smallest absolute Gasteiger partial charge is 0.299 e. The number of hydrogen-bond acceptors (Lipinski definition) is 3. The van der Waals surface area contributed by atoms with Crippen LogP contribution >= 0.6 is 0 Å². The second-order valence-corrected chi connectivity index (χ2v) is 4.23. The third kappa shape index (κ3) is 3.77. The van der Waals surface area contributed by atoms with E-state index < -0.39 is 16.4 Å². The van der Waals surface area contributed by atoms with Crippen molar-refractivity contribution in [1.82, 2.24) is 4.90 Å². The van der Waals surface area contributed by atoms with Gasteiger partial charge in [-0.2, -0.15) is 4.39 Å². The van der Waals surface area contributed by atoms with Crippen LogP contribution in [0.4, 0.5) is 10.1 Å². The van der Waals surface area contributed by atoms with Crippen LogP contribution in [0.5, 0.6) is 0 Å². The van der Waals surface area contributed by atoms with Gasteiger partial charge in [0.2, 0.25) is 5.82 Å². The first-order valence-corrected chi connectivity index (χ1v) is 6.24. The van der Waals surface area contributed by atoms with Gasteiger partial charge in [0, 0.05) is 18.2 Å². The van der Waals surface area contributed by atoms with Gasteiger partial charge in [0.25, 0.3) is 0 Å². The molecule has 0 aromatic heterocycles. The molecule has 0 atom stereocenters. The second-order valence-electron chi connectivity index (χ2n) is 4.23. The summed E-state index contributed by atoms with van der Waals surface area (Å²) in [7, 11) is 0. The molecule has 5 heteroatoms. The van der Waals surface area contributed by atoms with Crippen LogP contribution in [0.25, 0.3) is 0 Å². The average molecular weight is 254 g/mol. The fourth-order valence-corrected chi connectivity index (χ4v) is 1.80. The fourth-order valence-electron chi connectivity index (χ4n) is 1.80. The monoisotopic (exact) mass is 254 g/mol. The zero-order chi connectivity index (χ0) is 13.5. The molecular weight excluding hydrogens is 235 g/mol. The van der Waals surface area contributed by atoms with E-state index in [4.69, 9.17) is 0 Å². The summed E-state index contributed by atoms with van der Waals surface area (Å²) in [6, 6.07) is 4.34. The molecule has 18 heavy (non-hydrogen) atoms. The molecule has 0 amide bonds. The van der Waals surface area contributed by atoms with Gasteiger partial charge < -0.3 is 0 Å². The molecule has 0 N–H and O–H groups in total. The largest absolute Gasteiger partial charge is 0.305 e. The highest BCUT2D eigenvalue weighted by molar-refractivity contribution is 5.36. The van der Waals surface area contributed by atoms with E-state index in [1.807, 2.05) is 6.92 Å². The summed E-state index contributed by atoms with van der Waals surface area (Å²) in [4.78, 5) is 12.1. The summed E-state index contributed by atoms with van der Waals surface area (Å²) in [6.45, 7) is 6.22. The number of hydrogen-bond donors (Lipinski definition) is 0. The molecule has 0 spiro atoms. The van der Waals surface area contributed by atoms with Gasteiger partial charge in [-0.15, -0.1) is 0 Å². The lowest BCUT2D eigenvalue weighted by molar-refractivity contribution is -0.387. The van der Waals surface area contributed by atoms with E-state index >= 15 is 0 Å². The highest BCUT2D eigenvalue weighted by Gasteiger charge is 2.18. The van der Waals surface area contributed by atoms with Gasteiger partial charge in [0.1, 0.15) is 0 Å². The van der Waals surface area contributed by atoms with Crippen molar-refractivity contribution in [3.8, 4) is 0 Å². The zero-order valence-corrected chi connectivity index (χ0v) is 10.9. The van der Waals surface area contributed by atoms with Crippen molar-refractivity contribution in [3.63, 3.8) is 0 Å². The maximum atomic E-state index is 13.9. The zero-order valence-electron chi connectivity index (χ0n) is 10.9. The number of nitro benzene ring substituents is 1. The molecule has 0 fully saturated rings. The average Bonchev–Trinajstić information content (AvgIpc) is 2.36. The van der Waals surface area contributed by atoms with Crippen molar-refractivity contribution in [3.05, 3.63) is 39.7 Å². The van der Waals surface area contributed by atoms with E-state index in [-0.39, 0.29) is 0 Å². The number of halogens is 1. The maximum Gasteiger partial charge on any atom is 0.305 e. The number of nitro groups is 1. The minimum absolute atomic E-state index is 0.391. The lowest BCUT2D eigenvalue weighted by atomic mass is 10.1. The predicted molar refractivity (Wildman–Crippen MR) is 68.9 cm³/mol. The molecule has 0 aliphatic rings. The molecule has 100 valence electrons. The van der Waals surface area contributed by atoms with E-state index in [0.717, 1.165) is 25.9 Å². The van der Waals surface area contributed by atoms with E-state index in [0.29, 0.717) is 12.1 Å². The van der Waals surface area contributed by atoms with E-state index in [1.165, 1.54) is 12.1 Å². The minimum Gasteiger partial charge on any atom is -0.299 e. The maximum absolute atomic E-state index is 13.9. The SMILES string of the molecule is CCCCN(CC)Cc1cccc([N+](=O)[O-])c1F. The molecule has 0 saturated carbocycles. The molecule has 1 rings (SSSR count). The Labute approximate surface area is 107 Å². The fraction of sp³-hybridized carbons (Fsp3) is 0.538. The standard InChI is InChI=1S/C13H19FN2O2/c1-3-5-9-15(4-2)10-11-7-6-8-12(13(11)14)16(17)18/h6-8H,3-5,9-10H2,1-2H3. The van der Waals surface area contributed by atoms with Crippen LogP contribution in [0, 0.1) is 15.9 Å². The van der Waals surface area contributed by atoms with E-state index in [1.54, 1.807) is 6.07 Å². The third-order valence-electron chi connectivity index (χ3n) is 2.92. The Morgan fingerprint density at radius 3 is 2.67 bits per heavy atom. The summed E-state index contributed by atoms with van der Waals surface area (Å²) in [5.74, 6) is -0.711. The van der Waals surface area contributed by atoms with Crippen LogP contribution in [0.3, 0.4) is 0 Å². The minimum atomic E-state index is -0.711. The molecule has 0 heterocycles. The second kappa shape index (κ2) is 7.06. The van der Waals surface area contributed by atoms with Gasteiger partial charge in [0.05, 0.1) is 4.92 Å². The van der Waals surface area contributed by atoms with Crippen LogP contribution in [0.15, 0.2) is 18.2 Å². The van der Waals surface area contributed by atoms with Crippen LogP contribution in [0.2, 0.25) is 0 Å². The first-order valence-electron chi connectivity index (χ1n) is 6.24. The Bertz CT molecular complexity index is 410. The van der Waals surface area contributed by atoms with Gasteiger partial charge in [0.15, 0.2) is 0 Å². The van der Waals surface area contributed by atoms with Crippen molar-refractivity contribution in [2.75, 3.05) is 13.1 Å². The molecule has 0 aliphatic carbocycles. The molecule has 1 aromatic rings. The molecule has 0 bridgehead atoms. The Balaban J connectivity index is 2.83. The quantitative estimate of drug-likeness (QED) is 0.553. The molecule has 1 aromatic carbocycles. The van der Waals surface area contributed by atoms with Gasteiger partial charge in [-0.05, 0) is 19.5 Å². The molecular formula is C13H19FN2O2. The Morgan fingerprint density at radius 1 is 1.39 bits per heavy atom. The van der Waals surface area contributed by atoms with Crippen molar-refractivity contribution in [1.29, 1.82) is 0 Å². The normalized spacial score (nSPS) is 10.9. The molecule has 0 saturated heterocycles. The van der Waals surface area contributed by atoms with Crippen molar-refractivity contribution in [2.45, 2.75) is 33.2 Å². The number of unbranched alkanes of at least 4 members (excludes halogenated alkanes) is 1. The summed E-state index contributed by atoms with van der Waals surface area (Å²) in [6.07, 6.45) is 2.12. The van der Waals surface area contributed by atoms with Crippen LogP contribution in [-0.4, -0.2) is 22.9 Å². The summed E-state index contributed by atoms with van der Waals surface area (Å²) < 4.78 is 13.9. The van der Waals surface area contributed by atoms with Crippen molar-refractivity contribution >= 4 is 5.69 Å². The lowest BCUT2D eigenvalue weighted by Gasteiger charge is -2.20. The van der Waals surface area contributed by atoms with E-state index in [9.17, 15) is 14.5 Å². The first-order chi connectivity index (χ1) is 8.60. The number of benzene rings is 1. The summed E-state index contributed by atoms with van der Waals surface area (Å²) in [5, 5.41) is 10.7. The van der Waals surface area contributed by atoms with Crippen molar-refractivity contribution < 1.29 is 9.31 Å². The van der Waals surface area contributed by atoms with Crippen LogP contribution < -0.4 is 0 Å². The van der Waals surface area contributed by atoms with Gasteiger partial charge in [-0.3, -0.25) is 15.0 Å².